The molecule has 0 fully saturated rings. The topological polar surface area (TPSA) is 77.2 Å². The highest BCUT2D eigenvalue weighted by molar-refractivity contribution is 6.08. The fourth-order valence-electron chi connectivity index (χ4n) is 3.14. The minimum Gasteiger partial charge on any atom is -0.490 e. The van der Waals surface area contributed by atoms with Crippen LogP contribution in [0.4, 0.5) is 17.6 Å². The summed E-state index contributed by atoms with van der Waals surface area (Å²) < 4.78 is 61.0. The van der Waals surface area contributed by atoms with Crippen molar-refractivity contribution in [1.29, 1.82) is 0 Å². The predicted molar refractivity (Wildman–Crippen MR) is 101 cm³/mol. The Labute approximate surface area is 169 Å². The van der Waals surface area contributed by atoms with E-state index in [2.05, 4.69) is 9.73 Å². The van der Waals surface area contributed by atoms with E-state index in [9.17, 15) is 22.4 Å². The molecule has 160 valence electrons. The van der Waals surface area contributed by atoms with E-state index in [0.29, 0.717) is 5.56 Å². The first kappa shape index (κ1) is 21.4. The van der Waals surface area contributed by atoms with Crippen LogP contribution >= 0.6 is 0 Å². The van der Waals surface area contributed by atoms with E-state index < -0.39 is 30.5 Å². The maximum absolute atomic E-state index is 14.2. The van der Waals surface area contributed by atoms with Gasteiger partial charge in [-0.1, -0.05) is 18.2 Å². The van der Waals surface area contributed by atoms with Crippen molar-refractivity contribution in [3.8, 4) is 11.5 Å². The van der Waals surface area contributed by atoms with E-state index >= 15 is 0 Å². The fourth-order valence-corrected chi connectivity index (χ4v) is 3.14. The monoisotopic (exact) mass is 425 g/mol. The Morgan fingerprint density at radius 3 is 2.40 bits per heavy atom. The van der Waals surface area contributed by atoms with Crippen LogP contribution in [0.2, 0.25) is 0 Å². The molecule has 6 nitrogen and oxygen atoms in total. The smallest absolute Gasteiger partial charge is 0.387 e. The van der Waals surface area contributed by atoms with Crippen molar-refractivity contribution >= 4 is 11.9 Å². The van der Waals surface area contributed by atoms with Crippen LogP contribution in [0.3, 0.4) is 0 Å². The summed E-state index contributed by atoms with van der Waals surface area (Å²) in [5.41, 5.74) is 4.75. The molecule has 0 saturated carbocycles. The number of nitrogens with zero attached hydrogens (tertiary/aromatic N) is 2. The number of halogens is 4. The number of carbonyl (C=O) groups is 1. The summed E-state index contributed by atoms with van der Waals surface area (Å²) in [6.07, 6.45) is 0.0766. The first-order chi connectivity index (χ1) is 14.3. The molecule has 0 saturated heterocycles. The van der Waals surface area contributed by atoms with E-state index in [1.807, 2.05) is 0 Å². The van der Waals surface area contributed by atoms with E-state index in [1.165, 1.54) is 43.4 Å². The number of amides is 1. The molecule has 1 atom stereocenters. The number of hydrogen-bond donors (Lipinski definition) is 1. The molecule has 2 aromatic carbocycles. The van der Waals surface area contributed by atoms with Crippen LogP contribution < -0.4 is 15.2 Å². The standard InChI is InChI=1S/C20H19F4N3O3/c1-27-17(28)20(26-19(27)25,12-3-6-14(7-4-12)30-18(23)24)13-5-8-15(22)16(11-13)29-10-2-9-21/h3-8,11,18H,2,9-10H2,1H3,(H2,25,26). The molecule has 1 amide bonds. The molecule has 3 rings (SSSR count). The summed E-state index contributed by atoms with van der Waals surface area (Å²) in [4.78, 5) is 18.6. The van der Waals surface area contributed by atoms with Crippen molar-refractivity contribution in [2.75, 3.05) is 20.3 Å². The van der Waals surface area contributed by atoms with Crippen LogP contribution in [0.1, 0.15) is 17.5 Å². The highest BCUT2D eigenvalue weighted by Gasteiger charge is 2.49. The Balaban J connectivity index is 2.09. The number of guanidine groups is 1. The average Bonchev–Trinajstić information content (AvgIpc) is 2.94. The van der Waals surface area contributed by atoms with E-state index in [1.54, 1.807) is 0 Å². The third kappa shape index (κ3) is 3.89. The Morgan fingerprint density at radius 1 is 1.17 bits per heavy atom. The number of rotatable bonds is 8. The first-order valence-electron chi connectivity index (χ1n) is 8.97. The predicted octanol–water partition coefficient (Wildman–Crippen LogP) is 3.20. The van der Waals surface area contributed by atoms with Gasteiger partial charge in [0.05, 0.1) is 13.3 Å². The molecule has 0 radical (unpaired) electrons. The molecular formula is C20H19F4N3O3. The van der Waals surface area contributed by atoms with Gasteiger partial charge in [0.1, 0.15) is 5.75 Å². The van der Waals surface area contributed by atoms with Gasteiger partial charge in [-0.05, 0) is 35.4 Å². The third-order valence-electron chi connectivity index (χ3n) is 4.62. The number of benzene rings is 2. The summed E-state index contributed by atoms with van der Waals surface area (Å²) in [6.45, 7) is -3.68. The third-order valence-corrected chi connectivity index (χ3v) is 4.62. The molecular weight excluding hydrogens is 406 g/mol. The molecule has 2 aromatic rings. The normalized spacial score (nSPS) is 18.7. The number of aliphatic imine (C=N–C) groups is 1. The maximum atomic E-state index is 14.2. The van der Waals surface area contributed by atoms with Crippen LogP contribution in [0.15, 0.2) is 47.5 Å². The Kier molecular flexibility index (Phi) is 6.14. The second kappa shape index (κ2) is 8.60. The van der Waals surface area contributed by atoms with Gasteiger partial charge >= 0.3 is 6.61 Å². The molecule has 0 aromatic heterocycles. The van der Waals surface area contributed by atoms with Crippen molar-refractivity contribution in [2.45, 2.75) is 18.6 Å². The fraction of sp³-hybridized carbons (Fsp3) is 0.300. The van der Waals surface area contributed by atoms with E-state index in [0.717, 1.165) is 11.0 Å². The van der Waals surface area contributed by atoms with Crippen molar-refractivity contribution in [1.82, 2.24) is 4.90 Å². The number of hydrogen-bond acceptors (Lipinski definition) is 5. The van der Waals surface area contributed by atoms with Crippen LogP contribution in [-0.4, -0.2) is 43.7 Å². The van der Waals surface area contributed by atoms with Gasteiger partial charge in [-0.25, -0.2) is 9.38 Å². The quantitative estimate of drug-likeness (QED) is 0.521. The van der Waals surface area contributed by atoms with Crippen LogP contribution in [-0.2, 0) is 10.3 Å². The van der Waals surface area contributed by atoms with Crippen molar-refractivity contribution < 1.29 is 31.8 Å². The Morgan fingerprint density at radius 2 is 1.83 bits per heavy atom. The van der Waals surface area contributed by atoms with Gasteiger partial charge in [0.15, 0.2) is 23.1 Å². The SMILES string of the molecule is CN1C(=O)C(c2ccc(OC(F)F)cc2)(c2ccc(F)c(OCCCF)c2)N=C1N. The number of ether oxygens (including phenoxy) is 2. The molecule has 2 N–H and O–H groups in total. The zero-order valence-corrected chi connectivity index (χ0v) is 15.9. The molecule has 1 heterocycles. The minimum atomic E-state index is -3.00. The van der Waals surface area contributed by atoms with Gasteiger partial charge in [0.25, 0.3) is 5.91 Å². The first-order valence-corrected chi connectivity index (χ1v) is 8.97. The number of alkyl halides is 3. The van der Waals surface area contributed by atoms with E-state index in [4.69, 9.17) is 10.5 Å². The summed E-state index contributed by atoms with van der Waals surface area (Å²) in [5, 5.41) is 0. The summed E-state index contributed by atoms with van der Waals surface area (Å²) in [6, 6.07) is 9.09. The lowest BCUT2D eigenvalue weighted by atomic mass is 9.82. The maximum Gasteiger partial charge on any atom is 0.387 e. The molecule has 1 aliphatic rings. The second-order valence-corrected chi connectivity index (χ2v) is 6.48. The van der Waals surface area contributed by atoms with Crippen molar-refractivity contribution in [3.05, 3.63) is 59.4 Å². The van der Waals surface area contributed by atoms with Gasteiger partial charge in [-0.2, -0.15) is 8.78 Å². The van der Waals surface area contributed by atoms with Crippen molar-refractivity contribution in [3.63, 3.8) is 0 Å². The number of nitrogens with two attached hydrogens (primary N) is 1. The Bertz CT molecular complexity index is 953. The average molecular weight is 425 g/mol. The van der Waals surface area contributed by atoms with Gasteiger partial charge in [-0.15, -0.1) is 0 Å². The van der Waals surface area contributed by atoms with Crippen LogP contribution in [0, 0.1) is 5.82 Å². The molecule has 30 heavy (non-hydrogen) atoms. The van der Waals surface area contributed by atoms with Crippen LogP contribution in [0.25, 0.3) is 0 Å². The summed E-state index contributed by atoms with van der Waals surface area (Å²) in [5.74, 6) is -1.56. The summed E-state index contributed by atoms with van der Waals surface area (Å²) >= 11 is 0. The molecule has 10 heteroatoms. The molecule has 0 bridgehead atoms. The second-order valence-electron chi connectivity index (χ2n) is 6.48. The van der Waals surface area contributed by atoms with Gasteiger partial charge < -0.3 is 15.2 Å². The van der Waals surface area contributed by atoms with Gasteiger partial charge in [-0.3, -0.25) is 14.1 Å². The lowest BCUT2D eigenvalue weighted by molar-refractivity contribution is -0.129. The number of likely N-dealkylation sites (N-methyl/N-ethyl adjacent to an activating group) is 1. The largest absolute Gasteiger partial charge is 0.490 e. The lowest BCUT2D eigenvalue weighted by Gasteiger charge is -2.26. The molecule has 1 unspecified atom stereocenters. The molecule has 1 aliphatic heterocycles. The zero-order chi connectivity index (χ0) is 21.9. The van der Waals surface area contributed by atoms with Crippen molar-refractivity contribution in [2.24, 2.45) is 10.7 Å². The van der Waals surface area contributed by atoms with Gasteiger partial charge in [0.2, 0.25) is 0 Å². The highest BCUT2D eigenvalue weighted by atomic mass is 19.3. The Hall–Kier alpha value is -3.30. The van der Waals surface area contributed by atoms with Gasteiger partial charge in [0, 0.05) is 13.5 Å². The zero-order valence-electron chi connectivity index (χ0n) is 15.9. The molecule has 0 aliphatic carbocycles. The minimum absolute atomic E-state index is 0.0528. The van der Waals surface area contributed by atoms with Crippen LogP contribution in [0.5, 0.6) is 11.5 Å². The summed E-state index contributed by atoms with van der Waals surface area (Å²) in [7, 11) is 1.43. The van der Waals surface area contributed by atoms with E-state index in [-0.39, 0.29) is 36.0 Å². The molecule has 0 spiro atoms. The number of carbonyl (C=O) groups excluding carboxylic acids is 1. The lowest BCUT2D eigenvalue weighted by Crippen LogP contribution is -2.41. The highest BCUT2D eigenvalue weighted by Crippen LogP contribution is 2.41.